The second-order valence-electron chi connectivity index (χ2n) is 5.36. The van der Waals surface area contributed by atoms with Crippen LogP contribution >= 0.6 is 23.2 Å². The summed E-state index contributed by atoms with van der Waals surface area (Å²) < 4.78 is 0. The first-order valence-corrected chi connectivity index (χ1v) is 8.22. The van der Waals surface area contributed by atoms with E-state index < -0.39 is 0 Å². The fourth-order valence-electron chi connectivity index (χ4n) is 2.26. The zero-order valence-electron chi connectivity index (χ0n) is 13.5. The topological polar surface area (TPSA) is 49.4 Å². The standard InChI is InChI=1S/C18H18Cl2N2O2/c1-12-6-8-14(9-7-12)18(24)21-10-11-22(13(2)23)17-15(19)4-3-5-16(17)20/h3-9H,10-11H2,1-2H3,(H,21,24). The number of para-hydroxylation sites is 1. The summed E-state index contributed by atoms with van der Waals surface area (Å²) in [6, 6.07) is 12.3. The lowest BCUT2D eigenvalue weighted by Gasteiger charge is -2.23. The quantitative estimate of drug-likeness (QED) is 0.868. The van der Waals surface area contributed by atoms with Gasteiger partial charge in [-0.2, -0.15) is 0 Å². The normalized spacial score (nSPS) is 10.3. The predicted molar refractivity (Wildman–Crippen MR) is 98.0 cm³/mol. The van der Waals surface area contributed by atoms with Crippen molar-refractivity contribution in [2.24, 2.45) is 0 Å². The number of hydrogen-bond donors (Lipinski definition) is 1. The Hall–Kier alpha value is -2.04. The number of nitrogens with zero attached hydrogens (tertiary/aromatic N) is 1. The Labute approximate surface area is 151 Å². The van der Waals surface area contributed by atoms with Gasteiger partial charge in [-0.3, -0.25) is 9.59 Å². The van der Waals surface area contributed by atoms with Crippen LogP contribution in [0.4, 0.5) is 5.69 Å². The molecule has 0 heterocycles. The van der Waals surface area contributed by atoms with Crippen LogP contribution in [0, 0.1) is 6.92 Å². The number of amides is 2. The molecule has 0 unspecified atom stereocenters. The van der Waals surface area contributed by atoms with Gasteiger partial charge in [-0.15, -0.1) is 0 Å². The molecule has 0 aliphatic carbocycles. The van der Waals surface area contributed by atoms with Crippen LogP contribution in [0.2, 0.25) is 10.0 Å². The lowest BCUT2D eigenvalue weighted by molar-refractivity contribution is -0.116. The van der Waals surface area contributed by atoms with Gasteiger partial charge in [-0.25, -0.2) is 0 Å². The van der Waals surface area contributed by atoms with Gasteiger partial charge in [-0.05, 0) is 31.2 Å². The second kappa shape index (κ2) is 8.18. The van der Waals surface area contributed by atoms with E-state index in [1.165, 1.54) is 11.8 Å². The molecule has 126 valence electrons. The number of anilines is 1. The van der Waals surface area contributed by atoms with Crippen LogP contribution in [-0.2, 0) is 4.79 Å². The van der Waals surface area contributed by atoms with Gasteiger partial charge >= 0.3 is 0 Å². The van der Waals surface area contributed by atoms with Crippen molar-refractivity contribution >= 4 is 40.7 Å². The van der Waals surface area contributed by atoms with Crippen molar-refractivity contribution in [3.05, 3.63) is 63.6 Å². The maximum atomic E-state index is 12.1. The van der Waals surface area contributed by atoms with E-state index in [1.54, 1.807) is 30.3 Å². The van der Waals surface area contributed by atoms with Crippen LogP contribution < -0.4 is 10.2 Å². The minimum atomic E-state index is -0.199. The molecule has 0 spiro atoms. The van der Waals surface area contributed by atoms with Gasteiger partial charge in [0.15, 0.2) is 0 Å². The first-order chi connectivity index (χ1) is 11.4. The number of carbonyl (C=O) groups excluding carboxylic acids is 2. The third kappa shape index (κ3) is 4.49. The number of rotatable bonds is 5. The number of hydrogen-bond acceptors (Lipinski definition) is 2. The van der Waals surface area contributed by atoms with Gasteiger partial charge in [0, 0.05) is 25.6 Å². The van der Waals surface area contributed by atoms with Crippen molar-refractivity contribution < 1.29 is 9.59 Å². The molecule has 0 atom stereocenters. The van der Waals surface area contributed by atoms with Crippen LogP contribution in [0.25, 0.3) is 0 Å². The molecule has 2 aromatic rings. The lowest BCUT2D eigenvalue weighted by Crippen LogP contribution is -2.37. The van der Waals surface area contributed by atoms with Gasteiger partial charge in [-0.1, -0.05) is 47.0 Å². The highest BCUT2D eigenvalue weighted by molar-refractivity contribution is 6.39. The third-order valence-electron chi connectivity index (χ3n) is 3.52. The van der Waals surface area contributed by atoms with Gasteiger partial charge in [0.2, 0.25) is 5.91 Å². The molecule has 4 nitrogen and oxygen atoms in total. The number of aryl methyl sites for hydroxylation is 1. The first kappa shape index (κ1) is 18.3. The fraction of sp³-hybridized carbons (Fsp3) is 0.222. The molecule has 2 amide bonds. The van der Waals surface area contributed by atoms with E-state index in [0.29, 0.717) is 21.3 Å². The molecule has 0 saturated carbocycles. The van der Waals surface area contributed by atoms with Crippen molar-refractivity contribution in [1.29, 1.82) is 0 Å². The zero-order valence-corrected chi connectivity index (χ0v) is 15.0. The molecule has 0 aromatic heterocycles. The molecule has 0 radical (unpaired) electrons. The lowest BCUT2D eigenvalue weighted by atomic mass is 10.1. The van der Waals surface area contributed by atoms with Crippen LogP contribution in [0.15, 0.2) is 42.5 Å². The highest BCUT2D eigenvalue weighted by Crippen LogP contribution is 2.33. The summed E-state index contributed by atoms with van der Waals surface area (Å²) in [5.41, 5.74) is 2.12. The van der Waals surface area contributed by atoms with E-state index in [1.807, 2.05) is 19.1 Å². The van der Waals surface area contributed by atoms with Crippen molar-refractivity contribution in [2.45, 2.75) is 13.8 Å². The third-order valence-corrected chi connectivity index (χ3v) is 4.13. The molecule has 1 N–H and O–H groups in total. The molecule has 24 heavy (non-hydrogen) atoms. The Balaban J connectivity index is 2.03. The molecule has 0 bridgehead atoms. The van der Waals surface area contributed by atoms with Crippen LogP contribution in [0.3, 0.4) is 0 Å². The Bertz CT molecular complexity index is 725. The Morgan fingerprint density at radius 2 is 1.62 bits per heavy atom. The van der Waals surface area contributed by atoms with E-state index in [-0.39, 0.29) is 24.9 Å². The second-order valence-corrected chi connectivity index (χ2v) is 6.18. The van der Waals surface area contributed by atoms with E-state index in [0.717, 1.165) is 5.56 Å². The predicted octanol–water partition coefficient (Wildman–Crippen LogP) is 4.08. The van der Waals surface area contributed by atoms with Gasteiger partial charge in [0.25, 0.3) is 5.91 Å². The SMILES string of the molecule is CC(=O)N(CCNC(=O)c1ccc(C)cc1)c1c(Cl)cccc1Cl. The smallest absolute Gasteiger partial charge is 0.251 e. The van der Waals surface area contributed by atoms with Crippen molar-refractivity contribution in [1.82, 2.24) is 5.32 Å². The van der Waals surface area contributed by atoms with E-state index in [9.17, 15) is 9.59 Å². The highest BCUT2D eigenvalue weighted by Gasteiger charge is 2.18. The number of carbonyl (C=O) groups is 2. The maximum Gasteiger partial charge on any atom is 0.251 e. The summed E-state index contributed by atoms with van der Waals surface area (Å²) >= 11 is 12.3. The molecule has 2 aromatic carbocycles. The summed E-state index contributed by atoms with van der Waals surface area (Å²) in [6.07, 6.45) is 0. The highest BCUT2D eigenvalue weighted by atomic mass is 35.5. The first-order valence-electron chi connectivity index (χ1n) is 7.47. The molecule has 6 heteroatoms. The van der Waals surface area contributed by atoms with Crippen molar-refractivity contribution in [3.8, 4) is 0 Å². The Kier molecular flexibility index (Phi) is 6.23. The van der Waals surface area contributed by atoms with Crippen molar-refractivity contribution in [2.75, 3.05) is 18.0 Å². The molecule has 0 saturated heterocycles. The summed E-state index contributed by atoms with van der Waals surface area (Å²) in [5.74, 6) is -0.390. The largest absolute Gasteiger partial charge is 0.350 e. The number of nitrogens with one attached hydrogen (secondary N) is 1. The Morgan fingerprint density at radius 3 is 2.17 bits per heavy atom. The molecular formula is C18H18Cl2N2O2. The number of halogens is 2. The Morgan fingerprint density at radius 1 is 1.04 bits per heavy atom. The fourth-order valence-corrected chi connectivity index (χ4v) is 2.86. The molecule has 0 fully saturated rings. The average Bonchev–Trinajstić information content (AvgIpc) is 2.53. The monoisotopic (exact) mass is 364 g/mol. The minimum Gasteiger partial charge on any atom is -0.350 e. The molecule has 2 rings (SSSR count). The summed E-state index contributed by atoms with van der Waals surface area (Å²) in [4.78, 5) is 25.5. The summed E-state index contributed by atoms with van der Waals surface area (Å²) in [6.45, 7) is 3.95. The van der Waals surface area contributed by atoms with Crippen molar-refractivity contribution in [3.63, 3.8) is 0 Å². The summed E-state index contributed by atoms with van der Waals surface area (Å²) in [5, 5.41) is 3.58. The van der Waals surface area contributed by atoms with Crippen LogP contribution in [0.1, 0.15) is 22.8 Å². The van der Waals surface area contributed by atoms with E-state index in [2.05, 4.69) is 5.32 Å². The molecule has 0 aliphatic heterocycles. The maximum absolute atomic E-state index is 12.1. The minimum absolute atomic E-state index is 0.191. The van der Waals surface area contributed by atoms with Gasteiger partial charge < -0.3 is 10.2 Å². The van der Waals surface area contributed by atoms with Gasteiger partial charge in [0.1, 0.15) is 0 Å². The molecule has 0 aliphatic rings. The number of benzene rings is 2. The van der Waals surface area contributed by atoms with Crippen LogP contribution in [0.5, 0.6) is 0 Å². The van der Waals surface area contributed by atoms with Crippen LogP contribution in [-0.4, -0.2) is 24.9 Å². The molecular weight excluding hydrogens is 347 g/mol. The van der Waals surface area contributed by atoms with Gasteiger partial charge in [0.05, 0.1) is 15.7 Å². The average molecular weight is 365 g/mol. The zero-order chi connectivity index (χ0) is 17.7. The summed E-state index contributed by atoms with van der Waals surface area (Å²) in [7, 11) is 0. The van der Waals surface area contributed by atoms with E-state index in [4.69, 9.17) is 23.2 Å². The van der Waals surface area contributed by atoms with E-state index >= 15 is 0 Å².